The van der Waals surface area contributed by atoms with Crippen molar-refractivity contribution < 1.29 is 9.53 Å². The first kappa shape index (κ1) is 8.31. The fourth-order valence-corrected chi connectivity index (χ4v) is 1.28. The molecular formula is C9H14O2. The van der Waals surface area contributed by atoms with Crippen molar-refractivity contribution in [3.63, 3.8) is 0 Å². The molecule has 2 heteroatoms. The van der Waals surface area contributed by atoms with Gasteiger partial charge in [0.2, 0.25) is 0 Å². The Morgan fingerprint density at radius 2 is 2.45 bits per heavy atom. The summed E-state index contributed by atoms with van der Waals surface area (Å²) in [6.45, 7) is 2.20. The molecule has 0 fully saturated rings. The number of ether oxygens (including phenoxy) is 1. The van der Waals surface area contributed by atoms with Crippen LogP contribution in [0.1, 0.15) is 26.2 Å². The summed E-state index contributed by atoms with van der Waals surface area (Å²) in [7, 11) is 1.43. The van der Waals surface area contributed by atoms with Crippen LogP contribution in [-0.2, 0) is 9.53 Å². The number of methoxy groups -OCH3 is 1. The predicted molar refractivity (Wildman–Crippen MR) is 43.1 cm³/mol. The summed E-state index contributed by atoms with van der Waals surface area (Å²) < 4.78 is 4.62. The molecule has 11 heavy (non-hydrogen) atoms. The molecule has 0 saturated heterocycles. The second-order valence-corrected chi connectivity index (χ2v) is 3.10. The van der Waals surface area contributed by atoms with E-state index in [1.807, 2.05) is 6.08 Å². The summed E-state index contributed by atoms with van der Waals surface area (Å²) >= 11 is 0. The molecule has 0 radical (unpaired) electrons. The number of esters is 1. The van der Waals surface area contributed by atoms with Crippen LogP contribution in [0.5, 0.6) is 0 Å². The van der Waals surface area contributed by atoms with Crippen LogP contribution in [0.3, 0.4) is 0 Å². The number of hydrogen-bond donors (Lipinski definition) is 0. The van der Waals surface area contributed by atoms with Gasteiger partial charge in [-0.15, -0.1) is 0 Å². The van der Waals surface area contributed by atoms with E-state index in [9.17, 15) is 4.79 Å². The first-order chi connectivity index (χ1) is 5.24. The topological polar surface area (TPSA) is 26.3 Å². The van der Waals surface area contributed by atoms with Gasteiger partial charge in [0.05, 0.1) is 7.11 Å². The Morgan fingerprint density at radius 3 is 2.91 bits per heavy atom. The van der Waals surface area contributed by atoms with Crippen molar-refractivity contribution in [2.45, 2.75) is 26.2 Å². The maximum Gasteiger partial charge on any atom is 0.333 e. The molecule has 0 aliphatic heterocycles. The molecule has 0 amide bonds. The van der Waals surface area contributed by atoms with Crippen LogP contribution < -0.4 is 0 Å². The van der Waals surface area contributed by atoms with E-state index >= 15 is 0 Å². The van der Waals surface area contributed by atoms with Gasteiger partial charge in [-0.2, -0.15) is 0 Å². The summed E-state index contributed by atoms with van der Waals surface area (Å²) in [6, 6.07) is 0. The molecule has 1 rings (SSSR count). The highest BCUT2D eigenvalue weighted by Crippen LogP contribution is 2.23. The van der Waals surface area contributed by atoms with Crippen molar-refractivity contribution in [2.75, 3.05) is 7.11 Å². The molecule has 0 spiro atoms. The van der Waals surface area contributed by atoms with E-state index in [1.165, 1.54) is 7.11 Å². The molecule has 0 heterocycles. The first-order valence-electron chi connectivity index (χ1n) is 4.01. The zero-order chi connectivity index (χ0) is 8.27. The van der Waals surface area contributed by atoms with E-state index in [4.69, 9.17) is 0 Å². The molecule has 0 saturated carbocycles. The Kier molecular flexibility index (Phi) is 2.69. The van der Waals surface area contributed by atoms with Gasteiger partial charge in [-0.3, -0.25) is 0 Å². The molecule has 0 aromatic rings. The summed E-state index contributed by atoms with van der Waals surface area (Å²) in [5.74, 6) is 0.570. The summed E-state index contributed by atoms with van der Waals surface area (Å²) in [5.41, 5.74) is 0.852. The Morgan fingerprint density at radius 1 is 1.73 bits per heavy atom. The van der Waals surface area contributed by atoms with Crippen LogP contribution in [-0.4, -0.2) is 13.1 Å². The Hall–Kier alpha value is -0.790. The fraction of sp³-hybridized carbons (Fsp3) is 0.667. The number of hydrogen-bond acceptors (Lipinski definition) is 2. The van der Waals surface area contributed by atoms with Gasteiger partial charge in [0.1, 0.15) is 0 Å². The lowest BCUT2D eigenvalue weighted by molar-refractivity contribution is -0.136. The number of carbonyl (C=O) groups excluding carboxylic acids is 1. The molecule has 62 valence electrons. The number of rotatable bonds is 1. The van der Waals surface area contributed by atoms with E-state index in [-0.39, 0.29) is 5.97 Å². The van der Waals surface area contributed by atoms with E-state index in [0.717, 1.165) is 30.8 Å². The lowest BCUT2D eigenvalue weighted by Crippen LogP contribution is -2.10. The maximum atomic E-state index is 11.0. The van der Waals surface area contributed by atoms with Gasteiger partial charge in [-0.25, -0.2) is 4.79 Å². The molecule has 0 aromatic carbocycles. The van der Waals surface area contributed by atoms with Crippen molar-refractivity contribution >= 4 is 5.97 Å². The van der Waals surface area contributed by atoms with Crippen molar-refractivity contribution in [3.8, 4) is 0 Å². The minimum absolute atomic E-state index is 0.156. The number of allylic oxidation sites excluding steroid dienone is 1. The van der Waals surface area contributed by atoms with Crippen LogP contribution >= 0.6 is 0 Å². The van der Waals surface area contributed by atoms with Gasteiger partial charge >= 0.3 is 5.97 Å². The van der Waals surface area contributed by atoms with Crippen molar-refractivity contribution in [3.05, 3.63) is 11.6 Å². The monoisotopic (exact) mass is 154 g/mol. The minimum Gasteiger partial charge on any atom is -0.466 e. The molecule has 1 aliphatic rings. The third-order valence-corrected chi connectivity index (χ3v) is 2.12. The molecule has 1 aliphatic carbocycles. The lowest BCUT2D eigenvalue weighted by atomic mass is 9.91. The zero-order valence-electron chi connectivity index (χ0n) is 7.09. The minimum atomic E-state index is -0.156. The molecule has 0 N–H and O–H groups in total. The molecular weight excluding hydrogens is 140 g/mol. The number of carbonyl (C=O) groups is 1. The van der Waals surface area contributed by atoms with E-state index in [0.29, 0.717) is 0 Å². The standard InChI is InChI=1S/C9H14O2/c1-7-3-5-8(6-4-7)9(10)11-2/h5,7H,3-4,6H2,1-2H3. The predicted octanol–water partition coefficient (Wildman–Crippen LogP) is 1.91. The SMILES string of the molecule is COC(=O)C1=CCC(C)CC1. The maximum absolute atomic E-state index is 11.0. The second kappa shape index (κ2) is 3.56. The van der Waals surface area contributed by atoms with Gasteiger partial charge < -0.3 is 4.74 Å². The Bertz CT molecular complexity index is 182. The average molecular weight is 154 g/mol. The molecule has 1 atom stereocenters. The zero-order valence-corrected chi connectivity index (χ0v) is 7.09. The van der Waals surface area contributed by atoms with Crippen LogP contribution in [0.4, 0.5) is 0 Å². The Balaban J connectivity index is 2.54. The summed E-state index contributed by atoms with van der Waals surface area (Å²) in [4.78, 5) is 11.0. The van der Waals surface area contributed by atoms with Crippen molar-refractivity contribution in [2.24, 2.45) is 5.92 Å². The van der Waals surface area contributed by atoms with E-state index in [1.54, 1.807) is 0 Å². The van der Waals surface area contributed by atoms with Gasteiger partial charge in [0.25, 0.3) is 0 Å². The van der Waals surface area contributed by atoms with Gasteiger partial charge in [-0.1, -0.05) is 13.0 Å². The van der Waals surface area contributed by atoms with Gasteiger partial charge in [0, 0.05) is 5.57 Å². The largest absolute Gasteiger partial charge is 0.466 e. The highest BCUT2D eigenvalue weighted by atomic mass is 16.5. The summed E-state index contributed by atoms with van der Waals surface area (Å²) in [5, 5.41) is 0. The normalized spacial score (nSPS) is 24.2. The Labute approximate surface area is 67.2 Å². The molecule has 0 aromatic heterocycles. The molecule has 0 bridgehead atoms. The van der Waals surface area contributed by atoms with Crippen molar-refractivity contribution in [1.29, 1.82) is 0 Å². The summed E-state index contributed by atoms with van der Waals surface area (Å²) in [6.07, 6.45) is 5.01. The average Bonchev–Trinajstić information content (AvgIpc) is 2.05. The third-order valence-electron chi connectivity index (χ3n) is 2.12. The molecule has 2 nitrogen and oxygen atoms in total. The van der Waals surface area contributed by atoms with Crippen LogP contribution in [0.15, 0.2) is 11.6 Å². The second-order valence-electron chi connectivity index (χ2n) is 3.10. The van der Waals surface area contributed by atoms with E-state index < -0.39 is 0 Å². The van der Waals surface area contributed by atoms with Crippen molar-refractivity contribution in [1.82, 2.24) is 0 Å². The molecule has 1 unspecified atom stereocenters. The fourth-order valence-electron chi connectivity index (χ4n) is 1.28. The van der Waals surface area contributed by atoms with E-state index in [2.05, 4.69) is 11.7 Å². The first-order valence-corrected chi connectivity index (χ1v) is 4.01. The highest BCUT2D eigenvalue weighted by Gasteiger charge is 2.15. The quantitative estimate of drug-likeness (QED) is 0.539. The third kappa shape index (κ3) is 2.07. The van der Waals surface area contributed by atoms with Gasteiger partial charge in [0.15, 0.2) is 0 Å². The highest BCUT2D eigenvalue weighted by molar-refractivity contribution is 5.88. The van der Waals surface area contributed by atoms with Crippen LogP contribution in [0, 0.1) is 5.92 Å². The lowest BCUT2D eigenvalue weighted by Gasteiger charge is -2.15. The van der Waals surface area contributed by atoms with Crippen LogP contribution in [0.25, 0.3) is 0 Å². The van der Waals surface area contributed by atoms with Gasteiger partial charge in [-0.05, 0) is 25.2 Å². The smallest absolute Gasteiger partial charge is 0.333 e. The van der Waals surface area contributed by atoms with Crippen LogP contribution in [0.2, 0.25) is 0 Å².